The van der Waals surface area contributed by atoms with E-state index < -0.39 is 0 Å². The second kappa shape index (κ2) is 8.52. The third kappa shape index (κ3) is 4.07. The molecule has 1 aromatic carbocycles. The van der Waals surface area contributed by atoms with E-state index in [2.05, 4.69) is 21.9 Å². The molecule has 30 heavy (non-hydrogen) atoms. The van der Waals surface area contributed by atoms with Gasteiger partial charge in [0, 0.05) is 62.2 Å². The molecule has 1 aliphatic heterocycles. The van der Waals surface area contributed by atoms with Gasteiger partial charge >= 0.3 is 0 Å². The van der Waals surface area contributed by atoms with E-state index in [-0.39, 0.29) is 11.7 Å². The van der Waals surface area contributed by atoms with E-state index in [0.717, 1.165) is 43.7 Å². The van der Waals surface area contributed by atoms with Crippen LogP contribution in [0, 0.1) is 12.7 Å². The van der Waals surface area contributed by atoms with Gasteiger partial charge in [0.1, 0.15) is 5.82 Å². The summed E-state index contributed by atoms with van der Waals surface area (Å²) < 4.78 is 16.5. The van der Waals surface area contributed by atoms with Crippen molar-refractivity contribution in [1.82, 2.24) is 24.6 Å². The van der Waals surface area contributed by atoms with Crippen LogP contribution in [0.5, 0.6) is 0 Å². The molecule has 0 atom stereocenters. The molecule has 4 rings (SSSR count). The summed E-state index contributed by atoms with van der Waals surface area (Å²) in [6.07, 6.45) is 5.72. The fourth-order valence-corrected chi connectivity index (χ4v) is 4.10. The SMILES string of the molecule is Cc1c(CN2CCC(c3nc(N(C)C)ncc3-c3ccccc3F)CC2)cnn1C. The van der Waals surface area contributed by atoms with Crippen LogP contribution in [-0.2, 0) is 13.6 Å². The Morgan fingerprint density at radius 1 is 1.10 bits per heavy atom. The Balaban J connectivity index is 1.57. The third-order valence-corrected chi connectivity index (χ3v) is 6.07. The van der Waals surface area contributed by atoms with Gasteiger partial charge in [0.25, 0.3) is 0 Å². The van der Waals surface area contributed by atoms with Crippen LogP contribution in [0.1, 0.15) is 35.7 Å². The minimum absolute atomic E-state index is 0.232. The van der Waals surface area contributed by atoms with E-state index in [1.807, 2.05) is 49.1 Å². The minimum atomic E-state index is -0.232. The van der Waals surface area contributed by atoms with Crippen LogP contribution in [0.15, 0.2) is 36.7 Å². The monoisotopic (exact) mass is 408 g/mol. The van der Waals surface area contributed by atoms with E-state index in [4.69, 9.17) is 4.98 Å². The zero-order valence-electron chi connectivity index (χ0n) is 18.1. The van der Waals surface area contributed by atoms with Crippen molar-refractivity contribution in [2.24, 2.45) is 7.05 Å². The van der Waals surface area contributed by atoms with Crippen molar-refractivity contribution in [3.63, 3.8) is 0 Å². The second-order valence-corrected chi connectivity index (χ2v) is 8.27. The Morgan fingerprint density at radius 2 is 1.83 bits per heavy atom. The highest BCUT2D eigenvalue weighted by molar-refractivity contribution is 5.67. The zero-order valence-corrected chi connectivity index (χ0v) is 18.1. The molecule has 158 valence electrons. The smallest absolute Gasteiger partial charge is 0.225 e. The molecule has 3 aromatic rings. The second-order valence-electron chi connectivity index (χ2n) is 8.27. The van der Waals surface area contributed by atoms with Gasteiger partial charge in [-0.25, -0.2) is 14.4 Å². The highest BCUT2D eigenvalue weighted by Crippen LogP contribution is 2.36. The van der Waals surface area contributed by atoms with Crippen molar-refractivity contribution in [1.29, 1.82) is 0 Å². The summed E-state index contributed by atoms with van der Waals surface area (Å²) in [6, 6.07) is 6.89. The quantitative estimate of drug-likeness (QED) is 0.643. The standard InChI is InChI=1S/C23H29FN6/c1-16-18(13-26-29(16)4)15-30-11-9-17(10-12-30)22-20(14-25-23(27-22)28(2)3)19-7-5-6-8-21(19)24/h5-8,13-14,17H,9-12,15H2,1-4H3. The first-order chi connectivity index (χ1) is 14.4. The molecule has 0 spiro atoms. The molecule has 1 saturated heterocycles. The lowest BCUT2D eigenvalue weighted by Crippen LogP contribution is -2.33. The number of halogens is 1. The highest BCUT2D eigenvalue weighted by Gasteiger charge is 2.26. The van der Waals surface area contributed by atoms with E-state index in [1.165, 1.54) is 17.3 Å². The lowest BCUT2D eigenvalue weighted by molar-refractivity contribution is 0.203. The summed E-state index contributed by atoms with van der Waals surface area (Å²) in [4.78, 5) is 13.7. The van der Waals surface area contributed by atoms with Gasteiger partial charge < -0.3 is 4.90 Å². The predicted octanol–water partition coefficient (Wildman–Crippen LogP) is 3.77. The first-order valence-corrected chi connectivity index (χ1v) is 10.4. The number of hydrogen-bond acceptors (Lipinski definition) is 5. The Labute approximate surface area is 177 Å². The molecule has 0 bridgehead atoms. The average Bonchev–Trinajstić information content (AvgIpc) is 3.06. The molecule has 0 radical (unpaired) electrons. The largest absolute Gasteiger partial charge is 0.347 e. The van der Waals surface area contributed by atoms with Crippen LogP contribution in [0.2, 0.25) is 0 Å². The van der Waals surface area contributed by atoms with Gasteiger partial charge in [-0.3, -0.25) is 9.58 Å². The number of aromatic nitrogens is 4. The number of likely N-dealkylation sites (tertiary alicyclic amines) is 1. The van der Waals surface area contributed by atoms with E-state index in [1.54, 1.807) is 12.3 Å². The van der Waals surface area contributed by atoms with Crippen LogP contribution in [0.25, 0.3) is 11.1 Å². The van der Waals surface area contributed by atoms with Crippen molar-refractivity contribution < 1.29 is 4.39 Å². The molecule has 3 heterocycles. The maximum atomic E-state index is 14.5. The fraction of sp³-hybridized carbons (Fsp3) is 0.435. The Kier molecular flexibility index (Phi) is 5.81. The molecule has 0 unspecified atom stereocenters. The van der Waals surface area contributed by atoms with E-state index in [9.17, 15) is 4.39 Å². The molecule has 0 aliphatic carbocycles. The van der Waals surface area contributed by atoms with E-state index in [0.29, 0.717) is 11.5 Å². The molecule has 0 saturated carbocycles. The number of aryl methyl sites for hydroxylation is 1. The Morgan fingerprint density at radius 3 is 2.47 bits per heavy atom. The van der Waals surface area contributed by atoms with Crippen molar-refractivity contribution in [3.8, 4) is 11.1 Å². The molecule has 6 nitrogen and oxygen atoms in total. The third-order valence-electron chi connectivity index (χ3n) is 6.07. The number of rotatable bonds is 5. The number of anilines is 1. The molecule has 0 amide bonds. The molecule has 7 heteroatoms. The van der Waals surface area contributed by atoms with Crippen molar-refractivity contribution in [2.45, 2.75) is 32.2 Å². The molecular weight excluding hydrogens is 379 g/mol. The van der Waals surface area contributed by atoms with Crippen LogP contribution < -0.4 is 4.90 Å². The molecule has 0 N–H and O–H groups in total. The summed E-state index contributed by atoms with van der Waals surface area (Å²) in [5, 5.41) is 4.36. The van der Waals surface area contributed by atoms with Gasteiger partial charge in [0.2, 0.25) is 5.95 Å². The summed E-state index contributed by atoms with van der Waals surface area (Å²) in [5.74, 6) is 0.718. The van der Waals surface area contributed by atoms with E-state index >= 15 is 0 Å². The summed E-state index contributed by atoms with van der Waals surface area (Å²) in [7, 11) is 5.84. The van der Waals surface area contributed by atoms with Gasteiger partial charge in [-0.1, -0.05) is 18.2 Å². The molecule has 2 aromatic heterocycles. The number of hydrogen-bond donors (Lipinski definition) is 0. The maximum Gasteiger partial charge on any atom is 0.225 e. The lowest BCUT2D eigenvalue weighted by Gasteiger charge is -2.32. The van der Waals surface area contributed by atoms with Gasteiger partial charge in [-0.2, -0.15) is 5.10 Å². The number of benzene rings is 1. The molecule has 1 fully saturated rings. The van der Waals surface area contributed by atoms with Crippen molar-refractivity contribution in [2.75, 3.05) is 32.1 Å². The van der Waals surface area contributed by atoms with Crippen molar-refractivity contribution >= 4 is 5.95 Å². The van der Waals surface area contributed by atoms with Crippen LogP contribution in [0.4, 0.5) is 10.3 Å². The maximum absolute atomic E-state index is 14.5. The van der Waals surface area contributed by atoms with Gasteiger partial charge in [0.05, 0.1) is 11.9 Å². The zero-order chi connectivity index (χ0) is 21.3. The fourth-order valence-electron chi connectivity index (χ4n) is 4.10. The normalized spacial score (nSPS) is 15.5. The molecule has 1 aliphatic rings. The first kappa shape index (κ1) is 20.5. The van der Waals surface area contributed by atoms with Crippen LogP contribution in [-0.4, -0.2) is 51.8 Å². The predicted molar refractivity (Wildman–Crippen MR) is 117 cm³/mol. The van der Waals surface area contributed by atoms with Crippen molar-refractivity contribution in [3.05, 3.63) is 59.4 Å². The van der Waals surface area contributed by atoms with Crippen LogP contribution >= 0.6 is 0 Å². The topological polar surface area (TPSA) is 50.1 Å². The lowest BCUT2D eigenvalue weighted by atomic mass is 9.88. The summed E-state index contributed by atoms with van der Waals surface area (Å²) in [5.41, 5.74) is 4.83. The summed E-state index contributed by atoms with van der Waals surface area (Å²) in [6.45, 7) is 4.99. The highest BCUT2D eigenvalue weighted by atomic mass is 19.1. The Bertz CT molecular complexity index is 1020. The summed E-state index contributed by atoms with van der Waals surface area (Å²) >= 11 is 0. The van der Waals surface area contributed by atoms with Gasteiger partial charge in [-0.15, -0.1) is 0 Å². The minimum Gasteiger partial charge on any atom is -0.347 e. The van der Waals surface area contributed by atoms with Crippen LogP contribution in [0.3, 0.4) is 0 Å². The number of nitrogens with zero attached hydrogens (tertiary/aromatic N) is 6. The van der Waals surface area contributed by atoms with Gasteiger partial charge in [0.15, 0.2) is 0 Å². The molecular formula is C23H29FN6. The first-order valence-electron chi connectivity index (χ1n) is 10.4. The number of piperidine rings is 1. The Hall–Kier alpha value is -2.80. The average molecular weight is 409 g/mol. The van der Waals surface area contributed by atoms with Gasteiger partial charge in [-0.05, 0) is 38.9 Å².